The first-order valence-corrected chi connectivity index (χ1v) is 7.19. The quantitative estimate of drug-likeness (QED) is 0.872. The molecule has 2 saturated carbocycles. The molecule has 2 aliphatic carbocycles. The minimum atomic E-state index is 0.445. The fraction of sp³-hybridized carbons (Fsp3) is 0.625. The largest absolute Gasteiger partial charge is 0.382 e. The van der Waals surface area contributed by atoms with E-state index in [1.165, 1.54) is 36.9 Å². The highest BCUT2D eigenvalue weighted by Crippen LogP contribution is 2.58. The topological polar surface area (TPSA) is 21.3 Å². The molecular weight excluding hydrogens is 222 g/mol. The van der Waals surface area contributed by atoms with Gasteiger partial charge in [-0.2, -0.15) is 0 Å². The molecular formula is C16H23NO. The van der Waals surface area contributed by atoms with E-state index in [4.69, 9.17) is 4.74 Å². The van der Waals surface area contributed by atoms with E-state index < -0.39 is 0 Å². The maximum atomic E-state index is 5.88. The minimum Gasteiger partial charge on any atom is -0.382 e. The van der Waals surface area contributed by atoms with Crippen LogP contribution in [-0.2, 0) is 4.74 Å². The van der Waals surface area contributed by atoms with E-state index in [0.29, 0.717) is 17.6 Å². The molecule has 0 radical (unpaired) electrons. The van der Waals surface area contributed by atoms with Gasteiger partial charge in [-0.3, -0.25) is 0 Å². The summed E-state index contributed by atoms with van der Waals surface area (Å²) in [5.41, 5.74) is 3.02. The van der Waals surface area contributed by atoms with Crippen molar-refractivity contribution in [2.75, 3.05) is 11.9 Å². The Morgan fingerprint density at radius 1 is 1.28 bits per heavy atom. The Morgan fingerprint density at radius 3 is 2.56 bits per heavy atom. The molecule has 2 aliphatic rings. The number of nitrogens with one attached hydrogen (secondary N) is 1. The van der Waals surface area contributed by atoms with E-state index in [2.05, 4.69) is 43.4 Å². The summed E-state index contributed by atoms with van der Waals surface area (Å²) in [6.07, 6.45) is 5.71. The van der Waals surface area contributed by atoms with Crippen molar-refractivity contribution in [1.29, 1.82) is 0 Å². The van der Waals surface area contributed by atoms with Crippen LogP contribution in [-0.4, -0.2) is 18.8 Å². The van der Waals surface area contributed by atoms with Crippen LogP contribution in [0.3, 0.4) is 0 Å². The molecule has 98 valence electrons. The summed E-state index contributed by atoms with van der Waals surface area (Å²) in [7, 11) is 0. The average molecular weight is 245 g/mol. The van der Waals surface area contributed by atoms with E-state index >= 15 is 0 Å². The van der Waals surface area contributed by atoms with Crippen molar-refractivity contribution < 1.29 is 4.74 Å². The van der Waals surface area contributed by atoms with Crippen LogP contribution in [0.25, 0.3) is 0 Å². The van der Waals surface area contributed by atoms with Gasteiger partial charge < -0.3 is 10.1 Å². The number of hydrogen-bond donors (Lipinski definition) is 1. The van der Waals surface area contributed by atoms with Crippen molar-refractivity contribution in [3.05, 3.63) is 29.8 Å². The Labute approximate surface area is 110 Å². The predicted octanol–water partition coefficient (Wildman–Crippen LogP) is 3.75. The number of anilines is 1. The zero-order chi connectivity index (χ0) is 12.6. The van der Waals surface area contributed by atoms with Gasteiger partial charge in [0.2, 0.25) is 0 Å². The second-order valence-electron chi connectivity index (χ2n) is 5.83. The zero-order valence-electron chi connectivity index (χ0n) is 11.4. The van der Waals surface area contributed by atoms with Crippen LogP contribution in [0.1, 0.15) is 38.2 Å². The molecule has 2 nitrogen and oxygen atoms in total. The zero-order valence-corrected chi connectivity index (χ0v) is 11.4. The molecule has 0 aromatic heterocycles. The van der Waals surface area contributed by atoms with Crippen LogP contribution < -0.4 is 5.32 Å². The molecule has 2 atom stereocenters. The Morgan fingerprint density at radius 2 is 2.00 bits per heavy atom. The van der Waals surface area contributed by atoms with Gasteiger partial charge in [-0.1, -0.05) is 24.1 Å². The number of hydrogen-bond acceptors (Lipinski definition) is 2. The SMILES string of the molecule is CCOC1CC(Nc2ccc(C)cc2)C12CCC2. The molecule has 0 amide bonds. The Kier molecular flexibility index (Phi) is 3.06. The molecule has 2 heteroatoms. The van der Waals surface area contributed by atoms with Crippen molar-refractivity contribution in [1.82, 2.24) is 0 Å². The van der Waals surface area contributed by atoms with Gasteiger partial charge in [-0.15, -0.1) is 0 Å². The third-order valence-electron chi connectivity index (χ3n) is 4.83. The fourth-order valence-electron chi connectivity index (χ4n) is 3.49. The second-order valence-corrected chi connectivity index (χ2v) is 5.83. The molecule has 3 rings (SSSR count). The fourth-order valence-corrected chi connectivity index (χ4v) is 3.49. The highest BCUT2D eigenvalue weighted by molar-refractivity contribution is 5.47. The first-order chi connectivity index (χ1) is 8.74. The molecule has 0 heterocycles. The number of benzene rings is 1. The summed E-state index contributed by atoms with van der Waals surface area (Å²) in [6.45, 7) is 5.09. The lowest BCUT2D eigenvalue weighted by Crippen LogP contribution is -2.64. The van der Waals surface area contributed by atoms with Crippen molar-refractivity contribution in [2.24, 2.45) is 5.41 Å². The average Bonchev–Trinajstić information content (AvgIpc) is 2.28. The van der Waals surface area contributed by atoms with Crippen molar-refractivity contribution in [3.63, 3.8) is 0 Å². The van der Waals surface area contributed by atoms with Gasteiger partial charge in [0.15, 0.2) is 0 Å². The molecule has 0 saturated heterocycles. The highest BCUT2D eigenvalue weighted by Gasteiger charge is 2.58. The molecule has 18 heavy (non-hydrogen) atoms. The van der Waals surface area contributed by atoms with Gasteiger partial charge in [0.05, 0.1) is 6.10 Å². The van der Waals surface area contributed by atoms with E-state index in [-0.39, 0.29) is 0 Å². The van der Waals surface area contributed by atoms with Crippen molar-refractivity contribution >= 4 is 5.69 Å². The Bertz CT molecular complexity index is 408. The maximum Gasteiger partial charge on any atom is 0.0670 e. The number of rotatable bonds is 4. The van der Waals surface area contributed by atoms with Crippen LogP contribution in [0.4, 0.5) is 5.69 Å². The van der Waals surface area contributed by atoms with Gasteiger partial charge >= 0.3 is 0 Å². The van der Waals surface area contributed by atoms with Crippen LogP contribution in [0.2, 0.25) is 0 Å². The van der Waals surface area contributed by atoms with Crippen LogP contribution in [0, 0.1) is 12.3 Å². The molecule has 1 spiro atoms. The lowest BCUT2D eigenvalue weighted by molar-refractivity contribution is -0.157. The molecule has 1 N–H and O–H groups in total. The molecule has 1 aromatic rings. The summed E-state index contributed by atoms with van der Waals surface area (Å²) in [4.78, 5) is 0. The lowest BCUT2D eigenvalue weighted by Gasteiger charge is -2.61. The van der Waals surface area contributed by atoms with E-state index in [9.17, 15) is 0 Å². The molecule has 0 aliphatic heterocycles. The second kappa shape index (κ2) is 4.58. The van der Waals surface area contributed by atoms with E-state index in [1.807, 2.05) is 0 Å². The van der Waals surface area contributed by atoms with Gasteiger partial charge in [-0.05, 0) is 45.2 Å². The summed E-state index contributed by atoms with van der Waals surface area (Å²) in [5.74, 6) is 0. The standard InChI is InChI=1S/C16H23NO/c1-3-18-15-11-14(16(15)9-4-10-16)17-13-7-5-12(2)6-8-13/h5-8,14-15,17H,3-4,9-11H2,1-2H3. The Balaban J connectivity index is 1.66. The number of ether oxygens (including phenoxy) is 1. The lowest BCUT2D eigenvalue weighted by atomic mass is 9.51. The van der Waals surface area contributed by atoms with Crippen molar-refractivity contribution in [2.45, 2.75) is 51.7 Å². The van der Waals surface area contributed by atoms with Gasteiger partial charge in [0, 0.05) is 23.8 Å². The van der Waals surface area contributed by atoms with Crippen LogP contribution in [0.5, 0.6) is 0 Å². The van der Waals surface area contributed by atoms with Gasteiger partial charge in [0.1, 0.15) is 0 Å². The van der Waals surface area contributed by atoms with Gasteiger partial charge in [-0.25, -0.2) is 0 Å². The summed E-state index contributed by atoms with van der Waals surface area (Å²) in [6, 6.07) is 9.35. The first kappa shape index (κ1) is 12.0. The first-order valence-electron chi connectivity index (χ1n) is 7.19. The molecule has 2 fully saturated rings. The third-order valence-corrected chi connectivity index (χ3v) is 4.83. The molecule has 1 aromatic carbocycles. The summed E-state index contributed by atoms with van der Waals surface area (Å²) in [5, 5.41) is 3.71. The summed E-state index contributed by atoms with van der Waals surface area (Å²) < 4.78 is 5.88. The monoisotopic (exact) mass is 245 g/mol. The predicted molar refractivity (Wildman–Crippen MR) is 74.9 cm³/mol. The molecule has 0 bridgehead atoms. The number of aryl methyl sites for hydroxylation is 1. The maximum absolute atomic E-state index is 5.88. The smallest absolute Gasteiger partial charge is 0.0670 e. The van der Waals surface area contributed by atoms with Crippen molar-refractivity contribution in [3.8, 4) is 0 Å². The normalized spacial score (nSPS) is 28.6. The van der Waals surface area contributed by atoms with Gasteiger partial charge in [0.25, 0.3) is 0 Å². The van der Waals surface area contributed by atoms with E-state index in [0.717, 1.165) is 6.61 Å². The van der Waals surface area contributed by atoms with E-state index in [1.54, 1.807) is 0 Å². The van der Waals surface area contributed by atoms with Crippen LogP contribution >= 0.6 is 0 Å². The minimum absolute atomic E-state index is 0.445. The molecule has 2 unspecified atom stereocenters. The Hall–Kier alpha value is -1.02. The summed E-state index contributed by atoms with van der Waals surface area (Å²) >= 11 is 0. The highest BCUT2D eigenvalue weighted by atomic mass is 16.5. The third kappa shape index (κ3) is 1.83. The van der Waals surface area contributed by atoms with Crippen LogP contribution in [0.15, 0.2) is 24.3 Å².